The van der Waals surface area contributed by atoms with E-state index in [9.17, 15) is 9.18 Å². The molecule has 1 fully saturated rings. The van der Waals surface area contributed by atoms with Crippen LogP contribution in [0.1, 0.15) is 17.5 Å². The summed E-state index contributed by atoms with van der Waals surface area (Å²) in [4.78, 5) is 14.1. The highest BCUT2D eigenvalue weighted by atomic mass is 19.1. The maximum atomic E-state index is 14.6. The Bertz CT molecular complexity index is 585. The molecule has 0 spiro atoms. The molecule has 1 aromatic rings. The highest BCUT2D eigenvalue weighted by Gasteiger charge is 2.44. The van der Waals surface area contributed by atoms with Crippen LogP contribution in [0.15, 0.2) is 12.1 Å². The van der Waals surface area contributed by atoms with Gasteiger partial charge in [-0.25, -0.2) is 4.39 Å². The average Bonchev–Trinajstić information content (AvgIpc) is 3.00. The number of halogens is 1. The van der Waals surface area contributed by atoms with E-state index < -0.39 is 11.6 Å². The summed E-state index contributed by atoms with van der Waals surface area (Å²) in [5.74, 6) is 0.911. The fourth-order valence-electron chi connectivity index (χ4n) is 3.18. The molecule has 3 rings (SSSR count). The van der Waals surface area contributed by atoms with Crippen LogP contribution in [0, 0.1) is 0 Å². The molecule has 1 N–H and O–H groups in total. The van der Waals surface area contributed by atoms with Gasteiger partial charge in [-0.05, 0) is 36.2 Å². The van der Waals surface area contributed by atoms with Gasteiger partial charge in [-0.1, -0.05) is 0 Å². The summed E-state index contributed by atoms with van der Waals surface area (Å²) < 4.78 is 25.2. The summed E-state index contributed by atoms with van der Waals surface area (Å²) in [6.07, 6.45) is 0.950. The number of alkyl halides is 1. The molecule has 0 radical (unpaired) electrons. The van der Waals surface area contributed by atoms with Crippen molar-refractivity contribution in [3.63, 3.8) is 0 Å². The van der Waals surface area contributed by atoms with Crippen LogP contribution in [0.5, 0.6) is 11.5 Å². The molecule has 120 valence electrons. The number of nitrogens with zero attached hydrogens (tertiary/aromatic N) is 1. The van der Waals surface area contributed by atoms with E-state index in [-0.39, 0.29) is 13.0 Å². The van der Waals surface area contributed by atoms with Gasteiger partial charge < -0.3 is 19.7 Å². The molecule has 1 unspecified atom stereocenters. The third-order valence-electron chi connectivity index (χ3n) is 4.49. The Labute approximate surface area is 129 Å². The van der Waals surface area contributed by atoms with E-state index >= 15 is 0 Å². The summed E-state index contributed by atoms with van der Waals surface area (Å²) in [6, 6.07) is 3.82. The fraction of sp³-hybridized carbons (Fsp3) is 0.562. The maximum Gasteiger partial charge on any atom is 0.261 e. The molecular formula is C16H21FN2O3. The zero-order chi connectivity index (χ0) is 15.7. The lowest BCUT2D eigenvalue weighted by molar-refractivity contribution is -0.143. The van der Waals surface area contributed by atoms with Crippen molar-refractivity contribution in [2.75, 3.05) is 33.9 Å². The van der Waals surface area contributed by atoms with Crippen LogP contribution >= 0.6 is 0 Å². The zero-order valence-electron chi connectivity index (χ0n) is 12.9. The predicted molar refractivity (Wildman–Crippen MR) is 80.0 cm³/mol. The number of benzene rings is 1. The third-order valence-corrected chi connectivity index (χ3v) is 4.49. The minimum Gasteiger partial charge on any atom is -0.493 e. The zero-order valence-corrected chi connectivity index (χ0v) is 12.9. The number of ether oxygens (including phenoxy) is 2. The van der Waals surface area contributed by atoms with Crippen molar-refractivity contribution in [3.8, 4) is 11.5 Å². The van der Waals surface area contributed by atoms with E-state index in [2.05, 4.69) is 5.32 Å². The van der Waals surface area contributed by atoms with Crippen LogP contribution < -0.4 is 14.8 Å². The number of carbonyl (C=O) groups is 1. The topological polar surface area (TPSA) is 50.8 Å². The molecule has 2 aliphatic rings. The van der Waals surface area contributed by atoms with Crippen molar-refractivity contribution in [2.45, 2.75) is 25.1 Å². The summed E-state index contributed by atoms with van der Waals surface area (Å²) >= 11 is 0. The lowest BCUT2D eigenvalue weighted by atomic mass is 9.96. The Morgan fingerprint density at radius 2 is 1.95 bits per heavy atom. The molecule has 0 aromatic heterocycles. The lowest BCUT2D eigenvalue weighted by Gasteiger charge is -2.33. The monoisotopic (exact) mass is 308 g/mol. The third kappa shape index (κ3) is 2.52. The fourth-order valence-corrected chi connectivity index (χ4v) is 3.18. The number of nitrogens with one attached hydrogen (secondary N) is 1. The van der Waals surface area contributed by atoms with Crippen LogP contribution in [0.25, 0.3) is 0 Å². The summed E-state index contributed by atoms with van der Waals surface area (Å²) in [5, 5.41) is 2.93. The van der Waals surface area contributed by atoms with Crippen LogP contribution in [-0.2, 0) is 17.8 Å². The SMILES string of the molecule is COc1cc2c(cc1OC)CN(C(=O)C1(F)CCNC1)CC2. The molecule has 2 heterocycles. The Kier molecular flexibility index (Phi) is 3.95. The molecule has 5 nitrogen and oxygen atoms in total. The molecule has 22 heavy (non-hydrogen) atoms. The van der Waals surface area contributed by atoms with Crippen molar-refractivity contribution in [3.05, 3.63) is 23.3 Å². The summed E-state index contributed by atoms with van der Waals surface area (Å²) in [5.41, 5.74) is 0.361. The molecule has 1 atom stereocenters. The molecule has 0 saturated carbocycles. The quantitative estimate of drug-likeness (QED) is 0.914. The Morgan fingerprint density at radius 3 is 2.55 bits per heavy atom. The summed E-state index contributed by atoms with van der Waals surface area (Å²) in [7, 11) is 3.18. The molecule has 0 bridgehead atoms. The first kappa shape index (κ1) is 15.1. The standard InChI is InChI=1S/C16H21FN2O3/c1-21-13-7-11-3-6-19(9-12(11)8-14(13)22-2)15(20)16(17)4-5-18-10-16/h7-8,18H,3-6,9-10H2,1-2H3. The van der Waals surface area contributed by atoms with Gasteiger partial charge in [-0.15, -0.1) is 0 Å². The number of carbonyl (C=O) groups excluding carboxylic acids is 1. The van der Waals surface area contributed by atoms with Gasteiger partial charge in [0, 0.05) is 26.1 Å². The van der Waals surface area contributed by atoms with E-state index in [1.54, 1.807) is 19.1 Å². The smallest absolute Gasteiger partial charge is 0.261 e. The van der Waals surface area contributed by atoms with Gasteiger partial charge in [-0.2, -0.15) is 0 Å². The molecular weight excluding hydrogens is 287 g/mol. The van der Waals surface area contributed by atoms with Gasteiger partial charge in [0.15, 0.2) is 11.5 Å². The van der Waals surface area contributed by atoms with E-state index in [1.807, 2.05) is 12.1 Å². The molecule has 6 heteroatoms. The second kappa shape index (κ2) is 5.76. The van der Waals surface area contributed by atoms with Crippen LogP contribution in [0.4, 0.5) is 4.39 Å². The van der Waals surface area contributed by atoms with Crippen molar-refractivity contribution >= 4 is 5.91 Å². The van der Waals surface area contributed by atoms with Crippen molar-refractivity contribution in [1.29, 1.82) is 0 Å². The van der Waals surface area contributed by atoms with Crippen molar-refractivity contribution in [1.82, 2.24) is 10.2 Å². The van der Waals surface area contributed by atoms with Crippen LogP contribution in [0.2, 0.25) is 0 Å². The Balaban J connectivity index is 1.83. The van der Waals surface area contributed by atoms with Gasteiger partial charge in [0.05, 0.1) is 14.2 Å². The second-order valence-electron chi connectivity index (χ2n) is 5.84. The molecule has 1 saturated heterocycles. The number of hydrogen-bond donors (Lipinski definition) is 1. The number of hydrogen-bond acceptors (Lipinski definition) is 4. The highest BCUT2D eigenvalue weighted by Crippen LogP contribution is 2.34. The minimum atomic E-state index is -1.76. The highest BCUT2D eigenvalue weighted by molar-refractivity contribution is 5.86. The normalized spacial score (nSPS) is 24.0. The Hall–Kier alpha value is -1.82. The molecule has 0 aliphatic carbocycles. The van der Waals surface area contributed by atoms with Crippen molar-refractivity contribution in [2.24, 2.45) is 0 Å². The number of fused-ring (bicyclic) bond motifs is 1. The summed E-state index contributed by atoms with van der Waals surface area (Å²) in [6.45, 7) is 1.62. The van der Waals surface area contributed by atoms with E-state index in [0.29, 0.717) is 37.6 Å². The van der Waals surface area contributed by atoms with E-state index in [4.69, 9.17) is 9.47 Å². The maximum absolute atomic E-state index is 14.6. The number of rotatable bonds is 3. The van der Waals surface area contributed by atoms with E-state index in [1.165, 1.54) is 0 Å². The van der Waals surface area contributed by atoms with Crippen molar-refractivity contribution < 1.29 is 18.7 Å². The Morgan fingerprint density at radius 1 is 1.27 bits per heavy atom. The number of amides is 1. The average molecular weight is 308 g/mol. The molecule has 2 aliphatic heterocycles. The van der Waals surface area contributed by atoms with Gasteiger partial charge in [0.2, 0.25) is 5.67 Å². The van der Waals surface area contributed by atoms with Crippen LogP contribution in [-0.4, -0.2) is 50.3 Å². The molecule has 1 aromatic carbocycles. The van der Waals surface area contributed by atoms with E-state index in [0.717, 1.165) is 11.1 Å². The van der Waals surface area contributed by atoms with Gasteiger partial charge in [0.1, 0.15) is 0 Å². The van der Waals surface area contributed by atoms with Gasteiger partial charge in [-0.3, -0.25) is 4.79 Å². The largest absolute Gasteiger partial charge is 0.493 e. The first-order valence-corrected chi connectivity index (χ1v) is 7.50. The van der Waals surface area contributed by atoms with Crippen LogP contribution in [0.3, 0.4) is 0 Å². The first-order valence-electron chi connectivity index (χ1n) is 7.50. The number of methoxy groups -OCH3 is 2. The lowest BCUT2D eigenvalue weighted by Crippen LogP contribution is -2.49. The van der Waals surface area contributed by atoms with Gasteiger partial charge in [0.25, 0.3) is 5.91 Å². The minimum absolute atomic E-state index is 0.112. The van der Waals surface area contributed by atoms with Gasteiger partial charge >= 0.3 is 0 Å². The molecule has 1 amide bonds. The second-order valence-corrected chi connectivity index (χ2v) is 5.84. The first-order chi connectivity index (χ1) is 10.6. The predicted octanol–water partition coefficient (Wildman–Crippen LogP) is 1.29.